The summed E-state index contributed by atoms with van der Waals surface area (Å²) in [6, 6.07) is 5.22. The zero-order valence-corrected chi connectivity index (χ0v) is 8.75. The van der Waals surface area contributed by atoms with Crippen molar-refractivity contribution < 1.29 is 4.39 Å². The first-order chi connectivity index (χ1) is 6.24. The van der Waals surface area contributed by atoms with Gasteiger partial charge in [-0.05, 0) is 38.8 Å². The minimum atomic E-state index is -0.387. The minimum Gasteiger partial charge on any atom is -0.206 e. The molecule has 0 aliphatic heterocycles. The molecule has 0 saturated carbocycles. The van der Waals surface area contributed by atoms with Gasteiger partial charge >= 0.3 is 0 Å². The summed E-state index contributed by atoms with van der Waals surface area (Å²) >= 11 is 4.50. The SMILES string of the molecule is N#Cc1c(Br)c(F)cc2ccsc12. The Kier molecular flexibility index (Phi) is 2.06. The molecule has 1 heterocycles. The number of nitrogens with zero attached hydrogens (tertiary/aromatic N) is 1. The number of fused-ring (bicyclic) bond motifs is 1. The van der Waals surface area contributed by atoms with Gasteiger partial charge in [-0.3, -0.25) is 0 Å². The zero-order chi connectivity index (χ0) is 9.42. The Bertz CT molecular complexity index is 512. The Morgan fingerprint density at radius 2 is 2.31 bits per heavy atom. The summed E-state index contributed by atoms with van der Waals surface area (Å²) in [4.78, 5) is 0. The fraction of sp³-hybridized carbons (Fsp3) is 0. The molecule has 0 unspecified atom stereocenters. The molecule has 0 amide bonds. The van der Waals surface area contributed by atoms with Gasteiger partial charge in [-0.25, -0.2) is 4.39 Å². The van der Waals surface area contributed by atoms with Crippen molar-refractivity contribution in [3.8, 4) is 6.07 Å². The molecule has 0 N–H and O–H groups in total. The van der Waals surface area contributed by atoms with E-state index >= 15 is 0 Å². The van der Waals surface area contributed by atoms with E-state index in [1.165, 1.54) is 17.4 Å². The molecular formula is C9H3BrFNS. The van der Waals surface area contributed by atoms with Gasteiger partial charge in [0.05, 0.1) is 14.7 Å². The van der Waals surface area contributed by atoms with E-state index in [4.69, 9.17) is 5.26 Å². The number of halogens is 2. The van der Waals surface area contributed by atoms with Crippen LogP contribution in [0.2, 0.25) is 0 Å². The second-order valence-electron chi connectivity index (χ2n) is 2.50. The number of thiophene rings is 1. The molecule has 4 heteroatoms. The molecule has 1 aromatic carbocycles. The van der Waals surface area contributed by atoms with Crippen LogP contribution in [0.3, 0.4) is 0 Å². The van der Waals surface area contributed by atoms with Crippen molar-refractivity contribution in [2.75, 3.05) is 0 Å². The summed E-state index contributed by atoms with van der Waals surface area (Å²) in [6.07, 6.45) is 0. The summed E-state index contributed by atoms with van der Waals surface area (Å²) in [5, 5.41) is 11.4. The van der Waals surface area contributed by atoms with Gasteiger partial charge in [0.25, 0.3) is 0 Å². The Hall–Kier alpha value is -0.920. The topological polar surface area (TPSA) is 23.8 Å². The second-order valence-corrected chi connectivity index (χ2v) is 4.21. The second kappa shape index (κ2) is 3.09. The Labute approximate surface area is 86.5 Å². The third-order valence-corrected chi connectivity index (χ3v) is 3.47. The third kappa shape index (κ3) is 1.25. The van der Waals surface area contributed by atoms with Crippen LogP contribution >= 0.6 is 27.3 Å². The molecule has 0 aliphatic carbocycles. The Morgan fingerprint density at radius 1 is 1.54 bits per heavy atom. The molecule has 0 spiro atoms. The quantitative estimate of drug-likeness (QED) is 0.705. The molecule has 0 fully saturated rings. The van der Waals surface area contributed by atoms with Crippen LogP contribution in [-0.4, -0.2) is 0 Å². The average Bonchev–Trinajstić information content (AvgIpc) is 2.54. The van der Waals surface area contributed by atoms with Crippen LogP contribution in [0.25, 0.3) is 10.1 Å². The normalized spacial score (nSPS) is 10.2. The predicted octanol–water partition coefficient (Wildman–Crippen LogP) is 3.67. The van der Waals surface area contributed by atoms with E-state index in [0.717, 1.165) is 10.1 Å². The summed E-state index contributed by atoms with van der Waals surface area (Å²) in [7, 11) is 0. The van der Waals surface area contributed by atoms with Crippen molar-refractivity contribution in [1.29, 1.82) is 5.26 Å². The third-order valence-electron chi connectivity index (χ3n) is 1.75. The lowest BCUT2D eigenvalue weighted by molar-refractivity contribution is 0.622. The van der Waals surface area contributed by atoms with E-state index in [1.54, 1.807) is 6.07 Å². The molecule has 2 aromatic rings. The van der Waals surface area contributed by atoms with Crippen LogP contribution in [0.5, 0.6) is 0 Å². The lowest BCUT2D eigenvalue weighted by atomic mass is 10.2. The van der Waals surface area contributed by atoms with Gasteiger partial charge in [0.2, 0.25) is 0 Å². The lowest BCUT2D eigenvalue weighted by Gasteiger charge is -1.98. The summed E-state index contributed by atoms with van der Waals surface area (Å²) in [5.41, 5.74) is 0.380. The van der Waals surface area contributed by atoms with Gasteiger partial charge < -0.3 is 0 Å². The van der Waals surface area contributed by atoms with Crippen LogP contribution < -0.4 is 0 Å². The molecular weight excluding hydrogens is 253 g/mol. The fourth-order valence-electron chi connectivity index (χ4n) is 1.15. The van der Waals surface area contributed by atoms with E-state index in [1.807, 2.05) is 11.4 Å². The molecule has 0 atom stereocenters. The van der Waals surface area contributed by atoms with E-state index in [2.05, 4.69) is 15.9 Å². The van der Waals surface area contributed by atoms with Gasteiger partial charge in [-0.2, -0.15) is 5.26 Å². The first kappa shape index (κ1) is 8.67. The first-order valence-electron chi connectivity index (χ1n) is 3.49. The summed E-state index contributed by atoms with van der Waals surface area (Å²) < 4.78 is 14.3. The van der Waals surface area contributed by atoms with E-state index < -0.39 is 0 Å². The number of hydrogen-bond donors (Lipinski definition) is 0. The molecule has 2 rings (SSSR count). The monoisotopic (exact) mass is 255 g/mol. The number of benzene rings is 1. The predicted molar refractivity (Wildman–Crippen MR) is 54.2 cm³/mol. The Balaban J connectivity index is 2.98. The summed E-state index contributed by atoms with van der Waals surface area (Å²) in [5.74, 6) is -0.387. The van der Waals surface area contributed by atoms with Gasteiger partial charge in [0, 0.05) is 0 Å². The maximum atomic E-state index is 13.2. The smallest absolute Gasteiger partial charge is 0.139 e. The maximum absolute atomic E-state index is 13.2. The number of rotatable bonds is 0. The molecule has 64 valence electrons. The Morgan fingerprint density at radius 3 is 3.00 bits per heavy atom. The first-order valence-corrected chi connectivity index (χ1v) is 5.16. The van der Waals surface area contributed by atoms with Gasteiger partial charge in [-0.1, -0.05) is 0 Å². The highest BCUT2D eigenvalue weighted by molar-refractivity contribution is 9.10. The number of hydrogen-bond acceptors (Lipinski definition) is 2. The van der Waals surface area contributed by atoms with Crippen molar-refractivity contribution in [3.63, 3.8) is 0 Å². The van der Waals surface area contributed by atoms with Crippen LogP contribution in [0.15, 0.2) is 22.0 Å². The zero-order valence-electron chi connectivity index (χ0n) is 6.34. The van der Waals surface area contributed by atoms with Gasteiger partial charge in [0.15, 0.2) is 0 Å². The highest BCUT2D eigenvalue weighted by Gasteiger charge is 2.11. The van der Waals surface area contributed by atoms with Crippen molar-refractivity contribution in [1.82, 2.24) is 0 Å². The average molecular weight is 256 g/mol. The minimum absolute atomic E-state index is 0.255. The fourth-order valence-corrected chi connectivity index (χ4v) is 2.57. The van der Waals surface area contributed by atoms with Crippen molar-refractivity contribution in [2.45, 2.75) is 0 Å². The number of nitriles is 1. The largest absolute Gasteiger partial charge is 0.206 e. The van der Waals surface area contributed by atoms with Crippen LogP contribution in [0.1, 0.15) is 5.56 Å². The van der Waals surface area contributed by atoms with Gasteiger partial charge in [0.1, 0.15) is 11.9 Å². The van der Waals surface area contributed by atoms with Crippen LogP contribution in [0.4, 0.5) is 4.39 Å². The van der Waals surface area contributed by atoms with E-state index in [0.29, 0.717) is 5.56 Å². The molecule has 0 saturated heterocycles. The molecule has 1 nitrogen and oxygen atoms in total. The van der Waals surface area contributed by atoms with Crippen molar-refractivity contribution >= 4 is 37.4 Å². The molecule has 0 aliphatic rings. The van der Waals surface area contributed by atoms with Crippen molar-refractivity contribution in [3.05, 3.63) is 33.4 Å². The maximum Gasteiger partial charge on any atom is 0.139 e. The molecule has 0 bridgehead atoms. The van der Waals surface area contributed by atoms with Crippen LogP contribution in [0, 0.1) is 17.1 Å². The molecule has 0 radical (unpaired) electrons. The van der Waals surface area contributed by atoms with Gasteiger partial charge in [-0.15, -0.1) is 11.3 Å². The highest BCUT2D eigenvalue weighted by atomic mass is 79.9. The summed E-state index contributed by atoms with van der Waals surface area (Å²) in [6.45, 7) is 0. The lowest BCUT2D eigenvalue weighted by Crippen LogP contribution is -1.83. The van der Waals surface area contributed by atoms with Crippen molar-refractivity contribution in [2.24, 2.45) is 0 Å². The van der Waals surface area contributed by atoms with E-state index in [9.17, 15) is 4.39 Å². The van der Waals surface area contributed by atoms with E-state index in [-0.39, 0.29) is 10.3 Å². The highest BCUT2D eigenvalue weighted by Crippen LogP contribution is 2.32. The molecule has 1 aromatic heterocycles. The van der Waals surface area contributed by atoms with Crippen LogP contribution in [-0.2, 0) is 0 Å². The molecule has 13 heavy (non-hydrogen) atoms. The standard InChI is InChI=1S/C9H3BrFNS/c10-8-6(4-12)9-5(1-2-13-9)3-7(8)11/h1-3H.